The van der Waals surface area contributed by atoms with Gasteiger partial charge in [-0.05, 0) is 51.2 Å². The molecule has 2 rings (SSSR count). The molecule has 4 N–H and O–H groups in total. The van der Waals surface area contributed by atoms with E-state index in [-0.39, 0.29) is 19.6 Å². The van der Waals surface area contributed by atoms with Crippen molar-refractivity contribution < 1.29 is 33.8 Å². The van der Waals surface area contributed by atoms with Gasteiger partial charge in [-0.3, -0.25) is 4.79 Å². The number of carboxylic acid groups (broad SMARTS) is 1. The summed E-state index contributed by atoms with van der Waals surface area (Å²) < 4.78 is 10.5. The standard InChI is InChI=1S/C29H37N3O7/c1-29(2,3)39-28(37)32-24(15-10-18-30-27(36)38-20-22-13-8-5-9-14-22)26(35)31-23(16-17-25(33)34)19-21-11-6-4-7-12-21/h4-9,11-14,16-17,23-24H,10,15,18-20H2,1-3H3,(H,30,36)(H,31,35)(H,32,37)(H,33,34). The van der Waals surface area contributed by atoms with Crippen LogP contribution >= 0.6 is 0 Å². The van der Waals surface area contributed by atoms with Crippen molar-refractivity contribution in [3.63, 3.8) is 0 Å². The first kappa shape index (κ1) is 30.9. The molecular formula is C29H37N3O7. The summed E-state index contributed by atoms with van der Waals surface area (Å²) in [5.74, 6) is -1.65. The average Bonchev–Trinajstić information content (AvgIpc) is 2.88. The lowest BCUT2D eigenvalue weighted by molar-refractivity contribution is -0.131. The van der Waals surface area contributed by atoms with Gasteiger partial charge in [0.15, 0.2) is 0 Å². The molecule has 210 valence electrons. The van der Waals surface area contributed by atoms with Crippen molar-refractivity contribution in [2.24, 2.45) is 0 Å². The van der Waals surface area contributed by atoms with Crippen LogP contribution in [0, 0.1) is 0 Å². The van der Waals surface area contributed by atoms with Crippen LogP contribution in [0.2, 0.25) is 0 Å². The minimum atomic E-state index is -1.14. The molecule has 2 aromatic carbocycles. The Balaban J connectivity index is 1.99. The van der Waals surface area contributed by atoms with E-state index in [1.54, 1.807) is 20.8 Å². The Labute approximate surface area is 228 Å². The molecule has 0 bridgehead atoms. The first-order chi connectivity index (χ1) is 18.5. The summed E-state index contributed by atoms with van der Waals surface area (Å²) in [6.45, 7) is 5.46. The maximum Gasteiger partial charge on any atom is 0.408 e. The molecule has 0 spiro atoms. The van der Waals surface area contributed by atoms with Crippen molar-refractivity contribution >= 4 is 24.1 Å². The second-order valence-electron chi connectivity index (χ2n) is 9.83. The van der Waals surface area contributed by atoms with Gasteiger partial charge in [0.1, 0.15) is 18.2 Å². The fourth-order valence-corrected chi connectivity index (χ4v) is 3.51. The zero-order valence-electron chi connectivity index (χ0n) is 22.5. The van der Waals surface area contributed by atoms with Gasteiger partial charge in [-0.1, -0.05) is 66.7 Å². The summed E-state index contributed by atoms with van der Waals surface area (Å²) in [6.07, 6.45) is 1.88. The fourth-order valence-electron chi connectivity index (χ4n) is 3.51. The van der Waals surface area contributed by atoms with Crippen LogP contribution in [0.15, 0.2) is 72.8 Å². The number of aliphatic carboxylic acids is 1. The van der Waals surface area contributed by atoms with Gasteiger partial charge in [-0.15, -0.1) is 0 Å². The van der Waals surface area contributed by atoms with E-state index in [4.69, 9.17) is 14.6 Å². The molecule has 10 heteroatoms. The number of rotatable bonds is 13. The summed E-state index contributed by atoms with van der Waals surface area (Å²) in [7, 11) is 0. The second kappa shape index (κ2) is 15.8. The third-order valence-electron chi connectivity index (χ3n) is 5.26. The average molecular weight is 540 g/mol. The molecule has 2 aromatic rings. The fraction of sp³-hybridized carbons (Fsp3) is 0.379. The van der Waals surface area contributed by atoms with Gasteiger partial charge < -0.3 is 30.5 Å². The molecule has 39 heavy (non-hydrogen) atoms. The molecule has 2 atom stereocenters. The van der Waals surface area contributed by atoms with Crippen LogP contribution in [0.5, 0.6) is 0 Å². The smallest absolute Gasteiger partial charge is 0.408 e. The molecule has 0 radical (unpaired) electrons. The van der Waals surface area contributed by atoms with Gasteiger partial charge in [0.25, 0.3) is 0 Å². The predicted molar refractivity (Wildman–Crippen MR) is 146 cm³/mol. The van der Waals surface area contributed by atoms with Crippen LogP contribution in [0.3, 0.4) is 0 Å². The number of ether oxygens (including phenoxy) is 2. The van der Waals surface area contributed by atoms with E-state index >= 15 is 0 Å². The number of benzene rings is 2. The van der Waals surface area contributed by atoms with Crippen LogP contribution in [-0.4, -0.2) is 53.4 Å². The monoisotopic (exact) mass is 539 g/mol. The van der Waals surface area contributed by atoms with Crippen molar-refractivity contribution in [2.75, 3.05) is 6.54 Å². The summed E-state index contributed by atoms with van der Waals surface area (Å²) in [5.41, 5.74) is 0.982. The van der Waals surface area contributed by atoms with E-state index in [1.165, 1.54) is 6.08 Å². The highest BCUT2D eigenvalue weighted by molar-refractivity contribution is 5.86. The highest BCUT2D eigenvalue weighted by Gasteiger charge is 2.25. The van der Waals surface area contributed by atoms with Crippen molar-refractivity contribution in [3.8, 4) is 0 Å². The lowest BCUT2D eigenvalue weighted by Gasteiger charge is -2.25. The Hall–Kier alpha value is -4.34. The van der Waals surface area contributed by atoms with Crippen molar-refractivity contribution in [2.45, 2.75) is 64.3 Å². The van der Waals surface area contributed by atoms with Crippen molar-refractivity contribution in [1.82, 2.24) is 16.0 Å². The minimum absolute atomic E-state index is 0.130. The second-order valence-corrected chi connectivity index (χ2v) is 9.83. The normalized spacial score (nSPS) is 12.7. The Morgan fingerprint density at radius 1 is 0.897 bits per heavy atom. The summed E-state index contributed by atoms with van der Waals surface area (Å²) in [5, 5.41) is 17.1. The molecule has 0 heterocycles. The number of carboxylic acids is 1. The van der Waals surface area contributed by atoms with E-state index in [1.807, 2.05) is 60.7 Å². The number of hydrogen-bond acceptors (Lipinski definition) is 6. The molecule has 3 amide bonds. The number of carbonyl (C=O) groups excluding carboxylic acids is 3. The zero-order chi connectivity index (χ0) is 28.7. The van der Waals surface area contributed by atoms with Crippen LogP contribution in [0.25, 0.3) is 0 Å². The molecule has 2 unspecified atom stereocenters. The third-order valence-corrected chi connectivity index (χ3v) is 5.26. The van der Waals surface area contributed by atoms with E-state index in [9.17, 15) is 19.2 Å². The van der Waals surface area contributed by atoms with Gasteiger partial charge in [-0.2, -0.15) is 0 Å². The van der Waals surface area contributed by atoms with Gasteiger partial charge in [0.05, 0.1) is 6.04 Å². The van der Waals surface area contributed by atoms with Crippen LogP contribution in [-0.2, 0) is 32.1 Å². The van der Waals surface area contributed by atoms with Crippen LogP contribution in [0.4, 0.5) is 9.59 Å². The third kappa shape index (κ3) is 13.7. The highest BCUT2D eigenvalue weighted by Crippen LogP contribution is 2.09. The molecule has 0 saturated heterocycles. The first-order valence-electron chi connectivity index (χ1n) is 12.7. The zero-order valence-corrected chi connectivity index (χ0v) is 22.5. The molecule has 0 aliphatic carbocycles. The molecule has 0 aromatic heterocycles. The van der Waals surface area contributed by atoms with Gasteiger partial charge >= 0.3 is 18.2 Å². The molecule has 0 aliphatic heterocycles. The van der Waals surface area contributed by atoms with Crippen LogP contribution < -0.4 is 16.0 Å². The van der Waals surface area contributed by atoms with E-state index in [2.05, 4.69) is 16.0 Å². The lowest BCUT2D eigenvalue weighted by Crippen LogP contribution is -2.51. The number of amides is 3. The minimum Gasteiger partial charge on any atom is -0.478 e. The van der Waals surface area contributed by atoms with Gasteiger partial charge in [0.2, 0.25) is 5.91 Å². The topological polar surface area (TPSA) is 143 Å². The largest absolute Gasteiger partial charge is 0.478 e. The Bertz CT molecular complexity index is 1100. The van der Waals surface area contributed by atoms with Gasteiger partial charge in [0, 0.05) is 12.6 Å². The maximum absolute atomic E-state index is 13.2. The quantitative estimate of drug-likeness (QED) is 0.223. The predicted octanol–water partition coefficient (Wildman–Crippen LogP) is 3.95. The Morgan fingerprint density at radius 2 is 1.51 bits per heavy atom. The molecule has 10 nitrogen and oxygen atoms in total. The molecule has 0 fully saturated rings. The highest BCUT2D eigenvalue weighted by atomic mass is 16.6. The first-order valence-corrected chi connectivity index (χ1v) is 12.7. The lowest BCUT2D eigenvalue weighted by atomic mass is 10.0. The SMILES string of the molecule is CC(C)(C)OC(=O)NC(CCCNC(=O)OCc1ccccc1)C(=O)NC(C=CC(=O)O)Cc1ccccc1. The Kier molecular flexibility index (Phi) is 12.5. The molecule has 0 saturated carbocycles. The number of hydrogen-bond donors (Lipinski definition) is 4. The number of carbonyl (C=O) groups is 4. The van der Waals surface area contributed by atoms with Gasteiger partial charge in [-0.25, -0.2) is 14.4 Å². The Morgan fingerprint density at radius 3 is 2.10 bits per heavy atom. The van der Waals surface area contributed by atoms with E-state index < -0.39 is 41.7 Å². The number of nitrogens with one attached hydrogen (secondary N) is 3. The molecule has 0 aliphatic rings. The maximum atomic E-state index is 13.2. The van der Waals surface area contributed by atoms with Crippen molar-refractivity contribution in [3.05, 3.63) is 83.9 Å². The number of alkyl carbamates (subject to hydrolysis) is 2. The summed E-state index contributed by atoms with van der Waals surface area (Å²) in [4.78, 5) is 48.7. The summed E-state index contributed by atoms with van der Waals surface area (Å²) in [6, 6.07) is 16.9. The van der Waals surface area contributed by atoms with E-state index in [0.717, 1.165) is 17.2 Å². The van der Waals surface area contributed by atoms with Crippen LogP contribution in [0.1, 0.15) is 44.7 Å². The summed E-state index contributed by atoms with van der Waals surface area (Å²) >= 11 is 0. The van der Waals surface area contributed by atoms with E-state index in [0.29, 0.717) is 12.8 Å². The molecular weight excluding hydrogens is 502 g/mol. The van der Waals surface area contributed by atoms with Crippen molar-refractivity contribution in [1.29, 1.82) is 0 Å².